The van der Waals surface area contributed by atoms with Gasteiger partial charge in [0.1, 0.15) is 0 Å². The number of nitro benzene ring substituents is 1. The molecule has 7 nitrogen and oxygen atoms in total. The summed E-state index contributed by atoms with van der Waals surface area (Å²) in [7, 11) is 1.37. The van der Waals surface area contributed by atoms with E-state index in [2.05, 4.69) is 9.88 Å². The summed E-state index contributed by atoms with van der Waals surface area (Å²) in [4.78, 5) is 27.9. The molecule has 7 heteroatoms. The van der Waals surface area contributed by atoms with Crippen LogP contribution in [0.2, 0.25) is 0 Å². The number of esters is 1. The number of methoxy groups -OCH3 is 1. The number of ether oxygens (including phenoxy) is 1. The average molecular weight is 351 g/mol. The fraction of sp³-hybridized carbons (Fsp3) is 0.211. The number of non-ortho nitro benzene ring substituents is 1. The third-order valence-electron chi connectivity index (χ3n) is 4.82. The number of rotatable bonds is 3. The topological polar surface area (TPSA) is 88.5 Å². The Morgan fingerprint density at radius 1 is 1.23 bits per heavy atom. The van der Waals surface area contributed by atoms with Crippen LogP contribution >= 0.6 is 0 Å². The zero-order valence-electron chi connectivity index (χ0n) is 14.2. The quantitative estimate of drug-likeness (QED) is 0.444. The van der Waals surface area contributed by atoms with Crippen molar-refractivity contribution in [2.45, 2.75) is 13.0 Å². The van der Waals surface area contributed by atoms with Crippen LogP contribution < -0.4 is 4.90 Å². The molecule has 0 amide bonds. The summed E-state index contributed by atoms with van der Waals surface area (Å²) in [5.41, 5.74) is 4.86. The highest BCUT2D eigenvalue weighted by Gasteiger charge is 2.22. The van der Waals surface area contributed by atoms with Gasteiger partial charge in [-0.1, -0.05) is 0 Å². The Morgan fingerprint density at radius 3 is 2.69 bits per heavy atom. The number of carbonyl (C=O) groups excluding carboxylic acids is 1. The van der Waals surface area contributed by atoms with E-state index in [9.17, 15) is 14.9 Å². The number of aromatic amines is 1. The highest BCUT2D eigenvalue weighted by atomic mass is 16.6. The minimum absolute atomic E-state index is 0.0845. The lowest BCUT2D eigenvalue weighted by Crippen LogP contribution is -2.29. The molecule has 0 atom stereocenters. The van der Waals surface area contributed by atoms with Gasteiger partial charge < -0.3 is 14.6 Å². The van der Waals surface area contributed by atoms with E-state index in [-0.39, 0.29) is 11.7 Å². The summed E-state index contributed by atoms with van der Waals surface area (Å²) in [5, 5.41) is 11.8. The predicted molar refractivity (Wildman–Crippen MR) is 97.5 cm³/mol. The van der Waals surface area contributed by atoms with Gasteiger partial charge in [-0.25, -0.2) is 4.79 Å². The number of nitrogens with one attached hydrogen (secondary N) is 1. The number of aromatic nitrogens is 1. The standard InChI is InChI=1S/C19H17N3O4/c1-26-19(23)12-2-7-17-15(10-12)16-11-21(9-8-18(16)20-17)13-3-5-14(6-4-13)22(24)25/h2-7,10,20H,8-9,11H2,1H3. The van der Waals surface area contributed by atoms with E-state index in [0.717, 1.165) is 35.1 Å². The van der Waals surface area contributed by atoms with Crippen molar-refractivity contribution in [1.29, 1.82) is 0 Å². The highest BCUT2D eigenvalue weighted by molar-refractivity contribution is 5.96. The number of nitro groups is 1. The maximum atomic E-state index is 11.8. The summed E-state index contributed by atoms with van der Waals surface area (Å²) in [5.74, 6) is -0.357. The van der Waals surface area contributed by atoms with Gasteiger partial charge in [-0.3, -0.25) is 10.1 Å². The van der Waals surface area contributed by atoms with Crippen LogP contribution in [0.15, 0.2) is 42.5 Å². The van der Waals surface area contributed by atoms with Crippen LogP contribution in [0, 0.1) is 10.1 Å². The average Bonchev–Trinajstić information content (AvgIpc) is 3.04. The van der Waals surface area contributed by atoms with Crippen molar-refractivity contribution < 1.29 is 14.5 Å². The molecule has 1 aliphatic rings. The van der Waals surface area contributed by atoms with Crippen LogP contribution in [0.25, 0.3) is 10.9 Å². The summed E-state index contributed by atoms with van der Waals surface area (Å²) in [6, 6.07) is 12.1. The van der Waals surface area contributed by atoms with Gasteiger partial charge in [0.15, 0.2) is 0 Å². The Balaban J connectivity index is 1.68. The molecule has 1 aromatic heterocycles. The van der Waals surface area contributed by atoms with Gasteiger partial charge in [0, 0.05) is 59.5 Å². The number of hydrogen-bond acceptors (Lipinski definition) is 5. The number of nitrogens with zero attached hydrogens (tertiary/aromatic N) is 2. The molecule has 0 saturated heterocycles. The first-order valence-electron chi connectivity index (χ1n) is 8.28. The Bertz CT molecular complexity index is 1010. The lowest BCUT2D eigenvalue weighted by Gasteiger charge is -2.29. The van der Waals surface area contributed by atoms with E-state index < -0.39 is 4.92 Å². The largest absolute Gasteiger partial charge is 0.465 e. The van der Waals surface area contributed by atoms with Gasteiger partial charge in [-0.15, -0.1) is 0 Å². The molecular formula is C19H17N3O4. The minimum atomic E-state index is -0.397. The fourth-order valence-electron chi connectivity index (χ4n) is 3.46. The second-order valence-electron chi connectivity index (χ2n) is 6.28. The van der Waals surface area contributed by atoms with Crippen molar-refractivity contribution in [1.82, 2.24) is 4.98 Å². The van der Waals surface area contributed by atoms with E-state index in [0.29, 0.717) is 12.1 Å². The third-order valence-corrected chi connectivity index (χ3v) is 4.82. The second-order valence-corrected chi connectivity index (χ2v) is 6.28. The zero-order valence-corrected chi connectivity index (χ0v) is 14.2. The normalized spacial score (nSPS) is 13.5. The maximum absolute atomic E-state index is 11.8. The monoisotopic (exact) mass is 351 g/mol. The molecule has 1 aliphatic heterocycles. The van der Waals surface area contributed by atoms with Crippen molar-refractivity contribution >= 4 is 28.2 Å². The summed E-state index contributed by atoms with van der Waals surface area (Å²) in [6.45, 7) is 1.50. The molecule has 0 spiro atoms. The van der Waals surface area contributed by atoms with Crippen LogP contribution in [-0.2, 0) is 17.7 Å². The molecule has 0 unspecified atom stereocenters. The molecule has 2 heterocycles. The lowest BCUT2D eigenvalue weighted by molar-refractivity contribution is -0.384. The Morgan fingerprint density at radius 2 is 2.00 bits per heavy atom. The van der Waals surface area contributed by atoms with Crippen LogP contribution in [0.3, 0.4) is 0 Å². The molecule has 2 aromatic carbocycles. The molecule has 132 valence electrons. The molecule has 0 saturated carbocycles. The Kier molecular flexibility index (Phi) is 3.84. The summed E-state index contributed by atoms with van der Waals surface area (Å²) in [6.07, 6.45) is 0.842. The molecule has 0 radical (unpaired) electrons. The fourth-order valence-corrected chi connectivity index (χ4v) is 3.46. The molecule has 0 fully saturated rings. The molecule has 0 bridgehead atoms. The number of fused-ring (bicyclic) bond motifs is 3. The first-order chi connectivity index (χ1) is 12.6. The number of H-pyrrole nitrogens is 1. The van der Waals surface area contributed by atoms with Crippen LogP contribution in [0.4, 0.5) is 11.4 Å². The summed E-state index contributed by atoms with van der Waals surface area (Å²) < 4.78 is 4.81. The van der Waals surface area contributed by atoms with E-state index in [1.807, 2.05) is 12.1 Å². The van der Waals surface area contributed by atoms with Gasteiger partial charge in [-0.05, 0) is 30.3 Å². The van der Waals surface area contributed by atoms with Gasteiger partial charge in [0.05, 0.1) is 17.6 Å². The van der Waals surface area contributed by atoms with Crippen molar-refractivity contribution in [2.24, 2.45) is 0 Å². The molecule has 3 aromatic rings. The lowest BCUT2D eigenvalue weighted by atomic mass is 10.0. The van der Waals surface area contributed by atoms with E-state index >= 15 is 0 Å². The molecule has 26 heavy (non-hydrogen) atoms. The molecule has 4 rings (SSSR count). The smallest absolute Gasteiger partial charge is 0.337 e. The van der Waals surface area contributed by atoms with Crippen LogP contribution in [0.5, 0.6) is 0 Å². The van der Waals surface area contributed by atoms with Crippen LogP contribution in [-0.4, -0.2) is 29.5 Å². The van der Waals surface area contributed by atoms with Gasteiger partial charge in [0.25, 0.3) is 5.69 Å². The minimum Gasteiger partial charge on any atom is -0.465 e. The first-order valence-corrected chi connectivity index (χ1v) is 8.28. The van der Waals surface area contributed by atoms with Crippen molar-refractivity contribution in [3.63, 3.8) is 0 Å². The van der Waals surface area contributed by atoms with Crippen molar-refractivity contribution in [2.75, 3.05) is 18.6 Å². The zero-order chi connectivity index (χ0) is 18.3. The van der Waals surface area contributed by atoms with Crippen molar-refractivity contribution in [3.8, 4) is 0 Å². The molecule has 0 aliphatic carbocycles. The van der Waals surface area contributed by atoms with Gasteiger partial charge >= 0.3 is 5.97 Å². The predicted octanol–water partition coefficient (Wildman–Crippen LogP) is 3.43. The summed E-state index contributed by atoms with van der Waals surface area (Å²) >= 11 is 0. The number of benzene rings is 2. The van der Waals surface area contributed by atoms with Crippen molar-refractivity contribution in [3.05, 3.63) is 69.4 Å². The maximum Gasteiger partial charge on any atom is 0.337 e. The molecule has 1 N–H and O–H groups in total. The van der Waals surface area contributed by atoms with Gasteiger partial charge in [-0.2, -0.15) is 0 Å². The molecular weight excluding hydrogens is 334 g/mol. The Labute approximate surface area is 149 Å². The highest BCUT2D eigenvalue weighted by Crippen LogP contribution is 2.31. The third kappa shape index (κ3) is 2.67. The first kappa shape index (κ1) is 16.1. The van der Waals surface area contributed by atoms with Crippen LogP contribution in [0.1, 0.15) is 21.6 Å². The van der Waals surface area contributed by atoms with E-state index in [1.165, 1.54) is 24.9 Å². The van der Waals surface area contributed by atoms with E-state index in [1.54, 1.807) is 18.2 Å². The number of carbonyl (C=O) groups is 1. The number of hydrogen-bond donors (Lipinski definition) is 1. The second kappa shape index (κ2) is 6.18. The SMILES string of the molecule is COC(=O)c1ccc2[nH]c3c(c2c1)CN(c1ccc([N+](=O)[O-])cc1)CC3. The Hall–Kier alpha value is -3.35. The number of anilines is 1. The van der Waals surface area contributed by atoms with Gasteiger partial charge in [0.2, 0.25) is 0 Å². The van der Waals surface area contributed by atoms with E-state index in [4.69, 9.17) is 4.74 Å².